The number of amides is 1. The quantitative estimate of drug-likeness (QED) is 0.612. The van der Waals surface area contributed by atoms with Gasteiger partial charge in [-0.05, 0) is 54.3 Å². The number of hydrogen-bond donors (Lipinski definition) is 2. The van der Waals surface area contributed by atoms with Gasteiger partial charge in [0.1, 0.15) is 6.10 Å². The zero-order valence-electron chi connectivity index (χ0n) is 14.1. The number of nitrogen functional groups attached to an aromatic ring is 1. The molecule has 2 atom stereocenters. The minimum absolute atomic E-state index is 0.296. The Morgan fingerprint density at radius 3 is 2.62 bits per heavy atom. The molecule has 1 aliphatic carbocycles. The van der Waals surface area contributed by atoms with E-state index in [0.717, 1.165) is 17.5 Å². The Hall–Kier alpha value is -2.24. The molecule has 0 saturated carbocycles. The molecule has 0 spiro atoms. The number of esters is 1. The van der Waals surface area contributed by atoms with Crippen LogP contribution in [0.1, 0.15) is 40.9 Å². The molecule has 2 aromatic carbocycles. The molecule has 0 saturated heterocycles. The molecular formula is C19H18Cl2N2O3. The fraction of sp³-hybridized carbons (Fsp3) is 0.263. The predicted octanol–water partition coefficient (Wildman–Crippen LogP) is 3.92. The van der Waals surface area contributed by atoms with Crippen molar-refractivity contribution >= 4 is 40.8 Å². The van der Waals surface area contributed by atoms with Gasteiger partial charge >= 0.3 is 5.97 Å². The average Bonchev–Trinajstić information content (AvgIpc) is 2.59. The summed E-state index contributed by atoms with van der Waals surface area (Å²) in [4.78, 5) is 24.2. The lowest BCUT2D eigenvalue weighted by Gasteiger charge is -2.33. The van der Waals surface area contributed by atoms with Crippen LogP contribution >= 0.6 is 23.2 Å². The predicted molar refractivity (Wildman–Crippen MR) is 101 cm³/mol. The highest BCUT2D eigenvalue weighted by atomic mass is 35.5. The summed E-state index contributed by atoms with van der Waals surface area (Å²) in [5.41, 5.74) is 8.80. The van der Waals surface area contributed by atoms with Crippen LogP contribution in [0.15, 0.2) is 36.4 Å². The van der Waals surface area contributed by atoms with E-state index in [9.17, 15) is 9.59 Å². The van der Waals surface area contributed by atoms with Gasteiger partial charge in [-0.15, -0.1) is 0 Å². The fourth-order valence-electron chi connectivity index (χ4n) is 3.17. The molecule has 3 rings (SSSR count). The topological polar surface area (TPSA) is 81.4 Å². The lowest BCUT2D eigenvalue weighted by molar-refractivity contribution is -0.148. The standard InChI is InChI=1S/C19H18Cl2N2O3/c1-10(24)26-17-7-4-11-2-5-13(22)9-14(11)18(17)23-19(25)12-3-6-15(20)16(21)8-12/h2-3,5-6,8-9,17-18H,4,7,22H2,1H3,(H,23,25). The molecule has 0 aliphatic heterocycles. The second-order valence-electron chi connectivity index (χ2n) is 6.22. The van der Waals surface area contributed by atoms with Crippen molar-refractivity contribution in [1.29, 1.82) is 0 Å². The van der Waals surface area contributed by atoms with E-state index in [2.05, 4.69) is 5.32 Å². The van der Waals surface area contributed by atoms with Crippen molar-refractivity contribution in [2.24, 2.45) is 0 Å². The number of carbonyl (C=O) groups is 2. The van der Waals surface area contributed by atoms with Crippen molar-refractivity contribution in [1.82, 2.24) is 5.32 Å². The molecule has 3 N–H and O–H groups in total. The van der Waals surface area contributed by atoms with E-state index in [-0.39, 0.29) is 5.91 Å². The first kappa shape index (κ1) is 18.5. The average molecular weight is 393 g/mol. The van der Waals surface area contributed by atoms with E-state index >= 15 is 0 Å². The Labute approximate surface area is 161 Å². The van der Waals surface area contributed by atoms with Crippen LogP contribution in [0.5, 0.6) is 0 Å². The maximum Gasteiger partial charge on any atom is 0.302 e. The molecule has 0 radical (unpaired) electrons. The first-order valence-corrected chi connectivity index (χ1v) is 8.92. The summed E-state index contributed by atoms with van der Waals surface area (Å²) >= 11 is 11.9. The normalized spacial score (nSPS) is 18.7. The highest BCUT2D eigenvalue weighted by Gasteiger charge is 2.33. The zero-order chi connectivity index (χ0) is 18.8. The summed E-state index contributed by atoms with van der Waals surface area (Å²) in [6.07, 6.45) is 0.892. The fourth-order valence-corrected chi connectivity index (χ4v) is 3.47. The van der Waals surface area contributed by atoms with Gasteiger partial charge in [-0.2, -0.15) is 0 Å². The van der Waals surface area contributed by atoms with Gasteiger partial charge in [0.2, 0.25) is 0 Å². The highest BCUT2D eigenvalue weighted by molar-refractivity contribution is 6.42. The lowest BCUT2D eigenvalue weighted by Crippen LogP contribution is -2.41. The highest BCUT2D eigenvalue weighted by Crippen LogP contribution is 2.34. The molecule has 2 aromatic rings. The largest absolute Gasteiger partial charge is 0.460 e. The van der Waals surface area contributed by atoms with Crippen LogP contribution in [0, 0.1) is 0 Å². The molecule has 1 aliphatic rings. The third-order valence-electron chi connectivity index (χ3n) is 4.36. The van der Waals surface area contributed by atoms with Crippen molar-refractivity contribution in [2.45, 2.75) is 31.9 Å². The Kier molecular flexibility index (Phi) is 5.39. The molecule has 0 fully saturated rings. The van der Waals surface area contributed by atoms with Gasteiger partial charge in [0.05, 0.1) is 16.1 Å². The first-order chi connectivity index (χ1) is 12.3. The van der Waals surface area contributed by atoms with E-state index in [1.807, 2.05) is 18.2 Å². The van der Waals surface area contributed by atoms with Crippen LogP contribution in [0.2, 0.25) is 10.0 Å². The number of fused-ring (bicyclic) bond motifs is 1. The summed E-state index contributed by atoms with van der Waals surface area (Å²) in [6.45, 7) is 1.35. The van der Waals surface area contributed by atoms with E-state index in [0.29, 0.717) is 27.7 Å². The molecule has 2 unspecified atom stereocenters. The molecule has 5 nitrogen and oxygen atoms in total. The van der Waals surface area contributed by atoms with Gasteiger partial charge in [0, 0.05) is 18.2 Å². The molecule has 7 heteroatoms. The van der Waals surface area contributed by atoms with Gasteiger partial charge in [0.15, 0.2) is 0 Å². The Balaban J connectivity index is 1.92. The van der Waals surface area contributed by atoms with Crippen molar-refractivity contribution in [3.8, 4) is 0 Å². The van der Waals surface area contributed by atoms with E-state index < -0.39 is 18.1 Å². The number of nitrogens with two attached hydrogens (primary N) is 1. The number of rotatable bonds is 3. The lowest BCUT2D eigenvalue weighted by atomic mass is 9.85. The van der Waals surface area contributed by atoms with E-state index in [1.54, 1.807) is 12.1 Å². The van der Waals surface area contributed by atoms with Crippen LogP contribution in [-0.2, 0) is 16.0 Å². The number of aryl methyl sites for hydroxylation is 1. The summed E-state index contributed by atoms with van der Waals surface area (Å²) < 4.78 is 5.44. The molecular weight excluding hydrogens is 375 g/mol. The van der Waals surface area contributed by atoms with Crippen molar-refractivity contribution in [3.05, 3.63) is 63.1 Å². The number of nitrogens with one attached hydrogen (secondary N) is 1. The van der Waals surface area contributed by atoms with Gasteiger partial charge in [-0.1, -0.05) is 29.3 Å². The van der Waals surface area contributed by atoms with Crippen LogP contribution in [-0.4, -0.2) is 18.0 Å². The number of halogens is 2. The number of ether oxygens (including phenoxy) is 1. The minimum Gasteiger partial charge on any atom is -0.460 e. The maximum absolute atomic E-state index is 12.7. The number of hydrogen-bond acceptors (Lipinski definition) is 4. The molecule has 136 valence electrons. The van der Waals surface area contributed by atoms with Crippen molar-refractivity contribution in [2.75, 3.05) is 5.73 Å². The van der Waals surface area contributed by atoms with Crippen molar-refractivity contribution < 1.29 is 14.3 Å². The summed E-state index contributed by atoms with van der Waals surface area (Å²) in [7, 11) is 0. The number of anilines is 1. The molecule has 0 heterocycles. The Morgan fingerprint density at radius 2 is 1.92 bits per heavy atom. The second kappa shape index (κ2) is 7.56. The molecule has 0 bridgehead atoms. The third kappa shape index (κ3) is 3.94. The first-order valence-electron chi connectivity index (χ1n) is 8.16. The van der Waals surface area contributed by atoms with E-state index in [1.165, 1.54) is 13.0 Å². The SMILES string of the molecule is CC(=O)OC1CCc2ccc(N)cc2C1NC(=O)c1ccc(Cl)c(Cl)c1. The monoisotopic (exact) mass is 392 g/mol. The van der Waals surface area contributed by atoms with Gasteiger partial charge in [-0.3, -0.25) is 9.59 Å². The van der Waals surface area contributed by atoms with Crippen LogP contribution in [0.3, 0.4) is 0 Å². The van der Waals surface area contributed by atoms with Crippen LogP contribution < -0.4 is 11.1 Å². The van der Waals surface area contributed by atoms with Gasteiger partial charge in [0.25, 0.3) is 5.91 Å². The molecule has 26 heavy (non-hydrogen) atoms. The Morgan fingerprint density at radius 1 is 1.15 bits per heavy atom. The zero-order valence-corrected chi connectivity index (χ0v) is 15.6. The van der Waals surface area contributed by atoms with Gasteiger partial charge in [-0.25, -0.2) is 0 Å². The molecule has 0 aromatic heterocycles. The maximum atomic E-state index is 12.7. The second-order valence-corrected chi connectivity index (χ2v) is 7.04. The number of carbonyl (C=O) groups excluding carboxylic acids is 2. The van der Waals surface area contributed by atoms with E-state index in [4.69, 9.17) is 33.7 Å². The third-order valence-corrected chi connectivity index (χ3v) is 5.10. The molecule has 1 amide bonds. The Bertz CT molecular complexity index is 870. The number of benzene rings is 2. The minimum atomic E-state index is -0.492. The smallest absolute Gasteiger partial charge is 0.302 e. The van der Waals surface area contributed by atoms with Crippen LogP contribution in [0.25, 0.3) is 0 Å². The summed E-state index contributed by atoms with van der Waals surface area (Å²) in [5, 5.41) is 3.61. The van der Waals surface area contributed by atoms with Crippen LogP contribution in [0.4, 0.5) is 5.69 Å². The van der Waals surface area contributed by atoms with Crippen molar-refractivity contribution in [3.63, 3.8) is 0 Å². The van der Waals surface area contributed by atoms with Gasteiger partial charge < -0.3 is 15.8 Å². The summed E-state index contributed by atoms with van der Waals surface area (Å²) in [5.74, 6) is -0.725. The summed E-state index contributed by atoms with van der Waals surface area (Å²) in [6, 6.07) is 9.74.